The molecule has 0 fully saturated rings. The third-order valence-electron chi connectivity index (χ3n) is 2.20. The summed E-state index contributed by atoms with van der Waals surface area (Å²) in [7, 11) is 1.70. The Morgan fingerprint density at radius 3 is 2.56 bits per heavy atom. The van der Waals surface area contributed by atoms with Crippen molar-refractivity contribution in [1.29, 1.82) is 0 Å². The van der Waals surface area contributed by atoms with Crippen LogP contribution in [0.4, 0.5) is 4.39 Å². The molecule has 0 saturated heterocycles. The average Bonchev–Trinajstić information content (AvgIpc) is 2.30. The molecule has 86 valence electrons. The maximum Gasteiger partial charge on any atom is 0.123 e. The van der Waals surface area contributed by atoms with Crippen LogP contribution < -0.4 is 0 Å². The fourth-order valence-corrected chi connectivity index (χ4v) is 1.63. The molecule has 0 spiro atoms. The highest BCUT2D eigenvalue weighted by Crippen LogP contribution is 2.23. The number of aliphatic imine (C=N–C) groups is 1. The zero-order valence-corrected chi connectivity index (χ0v) is 10.2. The predicted octanol–water partition coefficient (Wildman–Crippen LogP) is 4.14. The number of benzene rings is 1. The van der Waals surface area contributed by atoms with Crippen LogP contribution in [0.25, 0.3) is 0 Å². The van der Waals surface area contributed by atoms with Gasteiger partial charge in [0, 0.05) is 7.05 Å². The van der Waals surface area contributed by atoms with Crippen molar-refractivity contribution in [2.75, 3.05) is 7.05 Å². The zero-order valence-electron chi connectivity index (χ0n) is 9.45. The zero-order chi connectivity index (χ0) is 12.0. The van der Waals surface area contributed by atoms with Crippen molar-refractivity contribution in [3.63, 3.8) is 0 Å². The molecule has 16 heavy (non-hydrogen) atoms. The molecule has 0 amide bonds. The van der Waals surface area contributed by atoms with Crippen molar-refractivity contribution in [3.05, 3.63) is 47.8 Å². The molecule has 0 saturated carbocycles. The smallest absolute Gasteiger partial charge is 0.123 e. The molecule has 0 aliphatic carbocycles. The molecule has 0 heterocycles. The first-order valence-electron chi connectivity index (χ1n) is 5.21. The van der Waals surface area contributed by atoms with E-state index in [0.717, 1.165) is 17.7 Å². The molecule has 1 aromatic carbocycles. The SMILES string of the molecule is CC/C=C\C(=NC)C(Cl)c1ccc(F)cc1. The van der Waals surface area contributed by atoms with E-state index < -0.39 is 0 Å². The highest BCUT2D eigenvalue weighted by molar-refractivity contribution is 6.34. The summed E-state index contributed by atoms with van der Waals surface area (Å²) in [6.07, 6.45) is 4.84. The second-order valence-electron chi connectivity index (χ2n) is 3.37. The summed E-state index contributed by atoms with van der Waals surface area (Å²) in [6, 6.07) is 6.17. The molecule has 0 aromatic heterocycles. The number of rotatable bonds is 4. The van der Waals surface area contributed by atoms with Crippen molar-refractivity contribution >= 4 is 17.3 Å². The molecule has 0 aliphatic heterocycles. The third kappa shape index (κ3) is 3.46. The minimum absolute atomic E-state index is 0.258. The number of alkyl halides is 1. The van der Waals surface area contributed by atoms with E-state index in [9.17, 15) is 4.39 Å². The van der Waals surface area contributed by atoms with Crippen molar-refractivity contribution in [2.45, 2.75) is 18.7 Å². The molecular weight excluding hydrogens is 225 g/mol. The predicted molar refractivity (Wildman–Crippen MR) is 67.8 cm³/mol. The fraction of sp³-hybridized carbons (Fsp3) is 0.308. The fourth-order valence-electron chi connectivity index (χ4n) is 1.31. The quantitative estimate of drug-likeness (QED) is 0.553. The van der Waals surface area contributed by atoms with E-state index in [-0.39, 0.29) is 11.2 Å². The molecule has 0 radical (unpaired) electrons. The topological polar surface area (TPSA) is 12.4 Å². The van der Waals surface area contributed by atoms with Gasteiger partial charge in [0.2, 0.25) is 0 Å². The highest BCUT2D eigenvalue weighted by atomic mass is 35.5. The summed E-state index contributed by atoms with van der Waals surface area (Å²) >= 11 is 6.26. The van der Waals surface area contributed by atoms with Gasteiger partial charge in [0.25, 0.3) is 0 Å². The van der Waals surface area contributed by atoms with Crippen LogP contribution in [0.5, 0.6) is 0 Å². The van der Waals surface area contributed by atoms with E-state index in [1.165, 1.54) is 12.1 Å². The number of hydrogen-bond acceptors (Lipinski definition) is 1. The number of halogens is 2. The standard InChI is InChI=1S/C13H15ClFN/c1-3-4-5-12(16-2)13(14)10-6-8-11(15)9-7-10/h4-9,13H,3H2,1-2H3/b5-4-,16-12?. The van der Waals surface area contributed by atoms with Gasteiger partial charge < -0.3 is 0 Å². The molecule has 1 unspecified atom stereocenters. The summed E-state index contributed by atoms with van der Waals surface area (Å²) < 4.78 is 12.7. The summed E-state index contributed by atoms with van der Waals surface area (Å²) in [4.78, 5) is 4.13. The van der Waals surface area contributed by atoms with Gasteiger partial charge in [0.05, 0.1) is 5.71 Å². The van der Waals surface area contributed by atoms with Gasteiger partial charge in [-0.1, -0.05) is 25.1 Å². The molecule has 1 atom stereocenters. The molecule has 1 rings (SSSR count). The second kappa shape index (κ2) is 6.44. The Balaban J connectivity index is 2.87. The van der Waals surface area contributed by atoms with Crippen molar-refractivity contribution in [1.82, 2.24) is 0 Å². The lowest BCUT2D eigenvalue weighted by atomic mass is 10.1. The van der Waals surface area contributed by atoms with Crippen LogP contribution in [-0.4, -0.2) is 12.8 Å². The maximum atomic E-state index is 12.7. The maximum absolute atomic E-state index is 12.7. The number of nitrogens with zero attached hydrogens (tertiary/aromatic N) is 1. The molecule has 0 N–H and O–H groups in total. The van der Waals surface area contributed by atoms with Crippen LogP contribution in [0.15, 0.2) is 41.4 Å². The van der Waals surface area contributed by atoms with Gasteiger partial charge in [-0.3, -0.25) is 4.99 Å². The van der Waals surface area contributed by atoms with Crippen LogP contribution in [0.3, 0.4) is 0 Å². The van der Waals surface area contributed by atoms with Gasteiger partial charge >= 0.3 is 0 Å². The van der Waals surface area contributed by atoms with Crippen LogP contribution in [-0.2, 0) is 0 Å². The monoisotopic (exact) mass is 239 g/mol. The average molecular weight is 240 g/mol. The van der Waals surface area contributed by atoms with Gasteiger partial charge in [-0.15, -0.1) is 11.6 Å². The molecule has 0 bridgehead atoms. The van der Waals surface area contributed by atoms with E-state index >= 15 is 0 Å². The number of hydrogen-bond donors (Lipinski definition) is 0. The Hall–Kier alpha value is -1.15. The third-order valence-corrected chi connectivity index (χ3v) is 2.68. The van der Waals surface area contributed by atoms with Crippen molar-refractivity contribution in [2.24, 2.45) is 4.99 Å². The van der Waals surface area contributed by atoms with E-state index in [4.69, 9.17) is 11.6 Å². The van der Waals surface area contributed by atoms with E-state index in [1.54, 1.807) is 19.2 Å². The van der Waals surface area contributed by atoms with Gasteiger partial charge in [-0.2, -0.15) is 0 Å². The first-order valence-corrected chi connectivity index (χ1v) is 5.65. The normalized spacial score (nSPS) is 14.4. The minimum Gasteiger partial charge on any atom is -0.291 e. The van der Waals surface area contributed by atoms with Gasteiger partial charge in [0.15, 0.2) is 0 Å². The van der Waals surface area contributed by atoms with Crippen molar-refractivity contribution < 1.29 is 4.39 Å². The van der Waals surface area contributed by atoms with E-state index in [0.29, 0.717) is 0 Å². The summed E-state index contributed by atoms with van der Waals surface area (Å²) in [6.45, 7) is 2.05. The Kier molecular flexibility index (Phi) is 5.20. The largest absolute Gasteiger partial charge is 0.291 e. The molecule has 1 nitrogen and oxygen atoms in total. The molecule has 0 aliphatic rings. The Bertz CT molecular complexity index is 381. The summed E-state index contributed by atoms with van der Waals surface area (Å²) in [5, 5.41) is -0.326. The lowest BCUT2D eigenvalue weighted by molar-refractivity contribution is 0.627. The second-order valence-corrected chi connectivity index (χ2v) is 3.81. The Labute approximate surface area is 101 Å². The van der Waals surface area contributed by atoms with Crippen LogP contribution in [0.2, 0.25) is 0 Å². The van der Waals surface area contributed by atoms with Crippen LogP contribution in [0, 0.1) is 5.82 Å². The first-order chi connectivity index (χ1) is 7.69. The van der Waals surface area contributed by atoms with Gasteiger partial charge in [-0.05, 0) is 30.2 Å². The van der Waals surface area contributed by atoms with Crippen molar-refractivity contribution in [3.8, 4) is 0 Å². The first kappa shape index (κ1) is 12.9. The van der Waals surface area contributed by atoms with Crippen LogP contribution in [0.1, 0.15) is 24.3 Å². The van der Waals surface area contributed by atoms with Gasteiger partial charge in [-0.25, -0.2) is 4.39 Å². The molecule has 3 heteroatoms. The minimum atomic E-state index is -0.326. The lowest BCUT2D eigenvalue weighted by Gasteiger charge is -2.09. The Morgan fingerprint density at radius 2 is 2.06 bits per heavy atom. The Morgan fingerprint density at radius 1 is 1.44 bits per heavy atom. The summed E-state index contributed by atoms with van der Waals surface area (Å²) in [5.74, 6) is -0.258. The van der Waals surface area contributed by atoms with Gasteiger partial charge in [0.1, 0.15) is 11.2 Å². The lowest BCUT2D eigenvalue weighted by Crippen LogP contribution is -2.04. The number of allylic oxidation sites excluding steroid dienone is 2. The molecule has 1 aromatic rings. The van der Waals surface area contributed by atoms with E-state index in [2.05, 4.69) is 4.99 Å². The highest BCUT2D eigenvalue weighted by Gasteiger charge is 2.12. The summed E-state index contributed by atoms with van der Waals surface area (Å²) in [5.41, 5.74) is 1.64. The van der Waals surface area contributed by atoms with E-state index in [1.807, 2.05) is 19.1 Å². The molecular formula is C13H15ClFN. The van der Waals surface area contributed by atoms with Crippen LogP contribution >= 0.6 is 11.6 Å².